The molecule has 0 unspecified atom stereocenters. The molecule has 0 atom stereocenters. The van der Waals surface area contributed by atoms with Crippen molar-refractivity contribution in [3.63, 3.8) is 0 Å². The largest absolute Gasteiger partial charge is 0.309 e. The fourth-order valence-electron chi connectivity index (χ4n) is 7.88. The third-order valence-corrected chi connectivity index (χ3v) is 11.4. The molecule has 9 aromatic rings. The first-order chi connectivity index (χ1) is 24.0. The SMILES string of the molecule is CC1(C)c2ccccc2-c2c(-c3cc(-c4cc5ccccc5s4)nc(-c4ccc(-n5c6ccccc6c6ccccc65)cc4)n3)cccc21. The minimum Gasteiger partial charge on any atom is -0.309 e. The molecular formula is C45H31N3S. The molecule has 10 rings (SSSR count). The lowest BCUT2D eigenvalue weighted by molar-refractivity contribution is 0.660. The van der Waals surface area contributed by atoms with Crippen molar-refractivity contribution >= 4 is 43.2 Å². The van der Waals surface area contributed by atoms with Crippen molar-refractivity contribution in [1.29, 1.82) is 0 Å². The molecule has 6 aromatic carbocycles. The second kappa shape index (κ2) is 10.6. The van der Waals surface area contributed by atoms with Gasteiger partial charge in [0.1, 0.15) is 0 Å². The lowest BCUT2D eigenvalue weighted by Crippen LogP contribution is -2.14. The van der Waals surface area contributed by atoms with Crippen molar-refractivity contribution in [2.45, 2.75) is 19.3 Å². The van der Waals surface area contributed by atoms with Gasteiger partial charge in [0.2, 0.25) is 0 Å². The Kier molecular flexibility index (Phi) is 6.09. The summed E-state index contributed by atoms with van der Waals surface area (Å²) in [6.07, 6.45) is 0. The number of nitrogens with zero attached hydrogens (tertiary/aromatic N) is 3. The van der Waals surface area contributed by atoms with Crippen LogP contribution < -0.4 is 0 Å². The van der Waals surface area contributed by atoms with Crippen LogP contribution >= 0.6 is 11.3 Å². The van der Waals surface area contributed by atoms with Gasteiger partial charge in [-0.1, -0.05) is 111 Å². The molecule has 0 saturated carbocycles. The van der Waals surface area contributed by atoms with Crippen LogP contribution in [0.15, 0.2) is 152 Å². The second-order valence-electron chi connectivity index (χ2n) is 13.4. The summed E-state index contributed by atoms with van der Waals surface area (Å²) in [5, 5.41) is 3.74. The van der Waals surface area contributed by atoms with Gasteiger partial charge in [0.05, 0.1) is 27.3 Å². The molecular weight excluding hydrogens is 615 g/mol. The zero-order valence-electron chi connectivity index (χ0n) is 27.2. The highest BCUT2D eigenvalue weighted by Crippen LogP contribution is 2.52. The van der Waals surface area contributed by atoms with E-state index >= 15 is 0 Å². The van der Waals surface area contributed by atoms with Crippen molar-refractivity contribution in [2.75, 3.05) is 0 Å². The van der Waals surface area contributed by atoms with Gasteiger partial charge in [0, 0.05) is 37.7 Å². The molecule has 3 nitrogen and oxygen atoms in total. The Hall–Kier alpha value is -5.84. The van der Waals surface area contributed by atoms with Crippen LogP contribution in [0.3, 0.4) is 0 Å². The van der Waals surface area contributed by atoms with Crippen LogP contribution in [0.2, 0.25) is 0 Å². The van der Waals surface area contributed by atoms with Crippen LogP contribution in [0.4, 0.5) is 0 Å². The van der Waals surface area contributed by atoms with Gasteiger partial charge in [-0.3, -0.25) is 0 Å². The Morgan fingerprint density at radius 1 is 0.551 bits per heavy atom. The van der Waals surface area contributed by atoms with E-state index in [1.165, 1.54) is 54.1 Å². The smallest absolute Gasteiger partial charge is 0.160 e. The number of hydrogen-bond acceptors (Lipinski definition) is 3. The number of fused-ring (bicyclic) bond motifs is 7. The van der Waals surface area contributed by atoms with Crippen molar-refractivity contribution in [1.82, 2.24) is 14.5 Å². The first-order valence-electron chi connectivity index (χ1n) is 16.8. The Morgan fingerprint density at radius 3 is 1.96 bits per heavy atom. The Bertz CT molecular complexity index is 2660. The van der Waals surface area contributed by atoms with Gasteiger partial charge >= 0.3 is 0 Å². The summed E-state index contributed by atoms with van der Waals surface area (Å²) in [5.74, 6) is 0.724. The molecule has 1 aliphatic carbocycles. The van der Waals surface area contributed by atoms with Gasteiger partial charge < -0.3 is 4.57 Å². The van der Waals surface area contributed by atoms with Crippen LogP contribution in [-0.2, 0) is 5.41 Å². The zero-order valence-corrected chi connectivity index (χ0v) is 28.0. The van der Waals surface area contributed by atoms with Gasteiger partial charge in [0.15, 0.2) is 5.82 Å². The summed E-state index contributed by atoms with van der Waals surface area (Å²) in [6.45, 7) is 4.66. The zero-order chi connectivity index (χ0) is 32.7. The summed E-state index contributed by atoms with van der Waals surface area (Å²) >= 11 is 1.78. The van der Waals surface area contributed by atoms with Crippen molar-refractivity contribution in [3.05, 3.63) is 163 Å². The predicted molar refractivity (Wildman–Crippen MR) is 206 cm³/mol. The number of thiophene rings is 1. The fourth-order valence-corrected chi connectivity index (χ4v) is 8.90. The first kappa shape index (κ1) is 28.2. The Morgan fingerprint density at radius 2 is 1.18 bits per heavy atom. The van der Waals surface area contributed by atoms with Crippen molar-refractivity contribution in [2.24, 2.45) is 0 Å². The van der Waals surface area contributed by atoms with Gasteiger partial charge in [-0.25, -0.2) is 9.97 Å². The maximum Gasteiger partial charge on any atom is 0.160 e. The molecule has 0 aliphatic heterocycles. The third-order valence-electron chi connectivity index (χ3n) is 10.3. The van der Waals surface area contributed by atoms with E-state index in [1.807, 2.05) is 0 Å². The molecule has 49 heavy (non-hydrogen) atoms. The number of hydrogen-bond donors (Lipinski definition) is 0. The molecule has 4 heteroatoms. The summed E-state index contributed by atoms with van der Waals surface area (Å²) in [5.41, 5.74) is 12.7. The van der Waals surface area contributed by atoms with E-state index in [0.717, 1.165) is 38.9 Å². The number of rotatable bonds is 4. The monoisotopic (exact) mass is 645 g/mol. The fraction of sp³-hybridized carbons (Fsp3) is 0.0667. The summed E-state index contributed by atoms with van der Waals surface area (Å²) in [7, 11) is 0. The number of para-hydroxylation sites is 2. The minimum absolute atomic E-state index is 0.0885. The van der Waals surface area contributed by atoms with Gasteiger partial charge in [-0.05, 0) is 82.2 Å². The Balaban J connectivity index is 1.16. The molecule has 0 fully saturated rings. The topological polar surface area (TPSA) is 30.7 Å². The molecule has 0 spiro atoms. The molecule has 0 radical (unpaired) electrons. The van der Waals surface area contributed by atoms with E-state index in [9.17, 15) is 0 Å². The Labute approximate surface area is 288 Å². The van der Waals surface area contributed by atoms with Crippen molar-refractivity contribution in [3.8, 4) is 50.0 Å². The van der Waals surface area contributed by atoms with Crippen molar-refractivity contribution < 1.29 is 0 Å². The van der Waals surface area contributed by atoms with Gasteiger partial charge in [-0.15, -0.1) is 11.3 Å². The molecule has 3 aromatic heterocycles. The lowest BCUT2D eigenvalue weighted by atomic mass is 9.82. The summed E-state index contributed by atoms with van der Waals surface area (Å²) in [4.78, 5) is 11.7. The molecule has 0 amide bonds. The average molecular weight is 646 g/mol. The van der Waals surface area contributed by atoms with E-state index in [2.05, 4.69) is 170 Å². The van der Waals surface area contributed by atoms with Crippen LogP contribution in [0.25, 0.3) is 81.9 Å². The van der Waals surface area contributed by atoms with E-state index < -0.39 is 0 Å². The highest BCUT2D eigenvalue weighted by atomic mass is 32.1. The average Bonchev–Trinajstić information content (AvgIpc) is 3.81. The van der Waals surface area contributed by atoms with E-state index in [-0.39, 0.29) is 5.41 Å². The minimum atomic E-state index is -0.0885. The standard InChI is InChI=1S/C45H31N3S/c1-45(2)35-17-7-4-15-33(35)43-34(16-11-18-36(43)45)37-27-38(42-26-29-12-3-10-21-41(29)49-42)47-44(46-37)28-22-24-30(25-23-28)48-39-19-8-5-13-31(39)32-14-6-9-20-40(32)48/h3-27H,1-2H3. The molecule has 3 heterocycles. The molecule has 1 aliphatic rings. The summed E-state index contributed by atoms with van der Waals surface area (Å²) < 4.78 is 3.60. The van der Waals surface area contributed by atoms with E-state index in [1.54, 1.807) is 11.3 Å². The third kappa shape index (κ3) is 4.27. The molecule has 0 saturated heterocycles. The highest BCUT2D eigenvalue weighted by molar-refractivity contribution is 7.22. The molecule has 0 bridgehead atoms. The van der Waals surface area contributed by atoms with Crippen LogP contribution in [-0.4, -0.2) is 14.5 Å². The maximum absolute atomic E-state index is 5.33. The van der Waals surface area contributed by atoms with Crippen LogP contribution in [0.1, 0.15) is 25.0 Å². The highest BCUT2D eigenvalue weighted by Gasteiger charge is 2.36. The molecule has 232 valence electrons. The van der Waals surface area contributed by atoms with E-state index in [0.29, 0.717) is 0 Å². The van der Waals surface area contributed by atoms with Gasteiger partial charge in [-0.2, -0.15) is 0 Å². The normalized spacial score (nSPS) is 13.3. The van der Waals surface area contributed by atoms with E-state index in [4.69, 9.17) is 9.97 Å². The van der Waals surface area contributed by atoms with Crippen LogP contribution in [0, 0.1) is 0 Å². The lowest BCUT2D eigenvalue weighted by Gasteiger charge is -2.21. The molecule has 0 N–H and O–H groups in total. The van der Waals surface area contributed by atoms with Gasteiger partial charge in [0.25, 0.3) is 0 Å². The number of aromatic nitrogens is 3. The quantitative estimate of drug-likeness (QED) is 0.191. The summed E-state index contributed by atoms with van der Waals surface area (Å²) in [6, 6.07) is 54.5. The predicted octanol–water partition coefficient (Wildman–Crippen LogP) is 12.1. The second-order valence-corrected chi connectivity index (χ2v) is 14.5. The number of benzene rings is 6. The van der Waals surface area contributed by atoms with Crippen LogP contribution in [0.5, 0.6) is 0 Å². The first-order valence-corrected chi connectivity index (χ1v) is 17.6. The maximum atomic E-state index is 5.33.